The average Bonchev–Trinajstić information content (AvgIpc) is 2.15. The van der Waals surface area contributed by atoms with Gasteiger partial charge in [-0.05, 0) is 38.2 Å². The topological polar surface area (TPSA) is 20.2 Å². The van der Waals surface area contributed by atoms with Crippen LogP contribution in [0.3, 0.4) is 0 Å². The molecule has 14 heavy (non-hydrogen) atoms. The Morgan fingerprint density at radius 2 is 1.79 bits per heavy atom. The SMILES string of the molecule is CCCC(C)CC(O)/C(C)=C(\C)CC. The minimum atomic E-state index is -0.225. The predicted molar refractivity (Wildman–Crippen MR) is 63.4 cm³/mol. The highest BCUT2D eigenvalue weighted by molar-refractivity contribution is 5.13. The minimum absolute atomic E-state index is 0.225. The van der Waals surface area contributed by atoms with Crippen LogP contribution in [0.15, 0.2) is 11.1 Å². The maximum Gasteiger partial charge on any atom is 0.0752 e. The third-order valence-corrected chi connectivity index (χ3v) is 3.11. The summed E-state index contributed by atoms with van der Waals surface area (Å²) in [4.78, 5) is 0. The molecule has 1 heteroatoms. The van der Waals surface area contributed by atoms with Crippen LogP contribution < -0.4 is 0 Å². The van der Waals surface area contributed by atoms with Gasteiger partial charge in [-0.3, -0.25) is 0 Å². The molecular weight excluding hydrogens is 172 g/mol. The first-order valence-electron chi connectivity index (χ1n) is 5.87. The molecule has 0 saturated carbocycles. The zero-order chi connectivity index (χ0) is 11.1. The van der Waals surface area contributed by atoms with Gasteiger partial charge in [0.25, 0.3) is 0 Å². The maximum atomic E-state index is 9.96. The Morgan fingerprint density at radius 1 is 1.21 bits per heavy atom. The summed E-state index contributed by atoms with van der Waals surface area (Å²) in [6.45, 7) is 10.7. The summed E-state index contributed by atoms with van der Waals surface area (Å²) in [5, 5.41) is 9.96. The van der Waals surface area contributed by atoms with Gasteiger partial charge in [-0.15, -0.1) is 0 Å². The number of hydrogen-bond donors (Lipinski definition) is 1. The van der Waals surface area contributed by atoms with E-state index in [9.17, 15) is 5.11 Å². The zero-order valence-electron chi connectivity index (χ0n) is 10.4. The van der Waals surface area contributed by atoms with Gasteiger partial charge in [0, 0.05) is 0 Å². The highest BCUT2D eigenvalue weighted by atomic mass is 16.3. The molecular formula is C13H26O. The Balaban J connectivity index is 4.13. The van der Waals surface area contributed by atoms with Gasteiger partial charge in [-0.25, -0.2) is 0 Å². The van der Waals surface area contributed by atoms with Crippen molar-refractivity contribution in [3.8, 4) is 0 Å². The summed E-state index contributed by atoms with van der Waals surface area (Å²) in [5.74, 6) is 0.634. The van der Waals surface area contributed by atoms with Crippen molar-refractivity contribution in [1.82, 2.24) is 0 Å². The summed E-state index contributed by atoms with van der Waals surface area (Å²) < 4.78 is 0. The van der Waals surface area contributed by atoms with Gasteiger partial charge in [-0.2, -0.15) is 0 Å². The average molecular weight is 198 g/mol. The second kappa shape index (κ2) is 7.05. The molecule has 0 bridgehead atoms. The van der Waals surface area contributed by atoms with Gasteiger partial charge >= 0.3 is 0 Å². The summed E-state index contributed by atoms with van der Waals surface area (Å²) in [6, 6.07) is 0. The summed E-state index contributed by atoms with van der Waals surface area (Å²) in [7, 11) is 0. The first-order valence-corrected chi connectivity index (χ1v) is 5.87. The summed E-state index contributed by atoms with van der Waals surface area (Å²) in [6.07, 6.45) is 4.16. The van der Waals surface area contributed by atoms with Crippen LogP contribution in [0.1, 0.15) is 60.3 Å². The monoisotopic (exact) mass is 198 g/mol. The van der Waals surface area contributed by atoms with Crippen LogP contribution in [-0.2, 0) is 0 Å². The molecule has 0 radical (unpaired) electrons. The van der Waals surface area contributed by atoms with E-state index in [0.29, 0.717) is 5.92 Å². The third-order valence-electron chi connectivity index (χ3n) is 3.11. The smallest absolute Gasteiger partial charge is 0.0752 e. The van der Waals surface area contributed by atoms with Crippen LogP contribution in [-0.4, -0.2) is 11.2 Å². The van der Waals surface area contributed by atoms with Gasteiger partial charge < -0.3 is 5.11 Å². The first kappa shape index (κ1) is 13.7. The van der Waals surface area contributed by atoms with E-state index >= 15 is 0 Å². The molecule has 84 valence electrons. The van der Waals surface area contributed by atoms with Crippen molar-refractivity contribution in [2.24, 2.45) is 5.92 Å². The van der Waals surface area contributed by atoms with E-state index in [-0.39, 0.29) is 6.10 Å². The first-order chi connectivity index (χ1) is 6.52. The Bertz CT molecular complexity index is 182. The van der Waals surface area contributed by atoms with Crippen LogP contribution in [0.25, 0.3) is 0 Å². The second-order valence-corrected chi connectivity index (χ2v) is 4.46. The van der Waals surface area contributed by atoms with E-state index < -0.39 is 0 Å². The maximum absolute atomic E-state index is 9.96. The molecule has 2 unspecified atom stereocenters. The van der Waals surface area contributed by atoms with Gasteiger partial charge in [0.15, 0.2) is 0 Å². The molecule has 0 aliphatic heterocycles. The van der Waals surface area contributed by atoms with E-state index in [4.69, 9.17) is 0 Å². The minimum Gasteiger partial charge on any atom is -0.389 e. The lowest BCUT2D eigenvalue weighted by molar-refractivity contribution is 0.175. The quantitative estimate of drug-likeness (QED) is 0.641. The lowest BCUT2D eigenvalue weighted by atomic mass is 9.93. The van der Waals surface area contributed by atoms with Crippen molar-refractivity contribution < 1.29 is 5.11 Å². The fourth-order valence-corrected chi connectivity index (χ4v) is 1.73. The third kappa shape index (κ3) is 4.80. The molecule has 1 nitrogen and oxygen atoms in total. The van der Waals surface area contributed by atoms with Crippen molar-refractivity contribution in [2.45, 2.75) is 66.4 Å². The van der Waals surface area contributed by atoms with Crippen molar-refractivity contribution in [3.63, 3.8) is 0 Å². The Labute approximate surface area is 89.2 Å². The molecule has 0 aromatic heterocycles. The molecule has 0 rings (SSSR count). The van der Waals surface area contributed by atoms with Crippen LogP contribution in [0.5, 0.6) is 0 Å². The molecule has 2 atom stereocenters. The van der Waals surface area contributed by atoms with Crippen molar-refractivity contribution in [3.05, 3.63) is 11.1 Å². The highest BCUT2D eigenvalue weighted by Gasteiger charge is 2.12. The Hall–Kier alpha value is -0.300. The number of allylic oxidation sites excluding steroid dienone is 1. The highest BCUT2D eigenvalue weighted by Crippen LogP contribution is 2.20. The van der Waals surface area contributed by atoms with Gasteiger partial charge in [0.1, 0.15) is 0 Å². The molecule has 0 fully saturated rings. The lowest BCUT2D eigenvalue weighted by Gasteiger charge is -2.18. The van der Waals surface area contributed by atoms with Gasteiger partial charge in [-0.1, -0.05) is 39.2 Å². The molecule has 0 spiro atoms. The molecule has 0 aromatic carbocycles. The van der Waals surface area contributed by atoms with E-state index in [2.05, 4.69) is 34.6 Å². The molecule has 1 N–H and O–H groups in total. The lowest BCUT2D eigenvalue weighted by Crippen LogP contribution is -2.14. The van der Waals surface area contributed by atoms with Crippen molar-refractivity contribution >= 4 is 0 Å². The molecule has 0 heterocycles. The fraction of sp³-hybridized carbons (Fsp3) is 0.846. The molecule has 0 aliphatic carbocycles. The summed E-state index contributed by atoms with van der Waals surface area (Å²) >= 11 is 0. The standard InChI is InChI=1S/C13H26O/c1-6-8-10(3)9-13(14)12(5)11(4)7-2/h10,13-14H,6-9H2,1-5H3/b12-11+. The Morgan fingerprint density at radius 3 is 2.21 bits per heavy atom. The molecule has 0 aromatic rings. The van der Waals surface area contributed by atoms with E-state index in [1.54, 1.807) is 0 Å². The van der Waals surface area contributed by atoms with Gasteiger partial charge in [0.2, 0.25) is 0 Å². The van der Waals surface area contributed by atoms with E-state index in [1.807, 2.05) is 0 Å². The number of hydrogen-bond acceptors (Lipinski definition) is 1. The number of aliphatic hydroxyl groups excluding tert-OH is 1. The van der Waals surface area contributed by atoms with Crippen LogP contribution >= 0.6 is 0 Å². The fourth-order valence-electron chi connectivity index (χ4n) is 1.73. The van der Waals surface area contributed by atoms with E-state index in [1.165, 1.54) is 24.0 Å². The van der Waals surface area contributed by atoms with Crippen LogP contribution in [0, 0.1) is 5.92 Å². The molecule has 0 aliphatic rings. The zero-order valence-corrected chi connectivity index (χ0v) is 10.4. The van der Waals surface area contributed by atoms with Crippen LogP contribution in [0.4, 0.5) is 0 Å². The van der Waals surface area contributed by atoms with Crippen LogP contribution in [0.2, 0.25) is 0 Å². The predicted octanol–water partition coefficient (Wildman–Crippen LogP) is 3.92. The Kier molecular flexibility index (Phi) is 6.90. The van der Waals surface area contributed by atoms with Crippen molar-refractivity contribution in [2.75, 3.05) is 0 Å². The number of rotatable bonds is 6. The summed E-state index contributed by atoms with van der Waals surface area (Å²) in [5.41, 5.74) is 2.51. The largest absolute Gasteiger partial charge is 0.389 e. The second-order valence-electron chi connectivity index (χ2n) is 4.46. The van der Waals surface area contributed by atoms with E-state index in [0.717, 1.165) is 12.8 Å². The van der Waals surface area contributed by atoms with Crippen molar-refractivity contribution in [1.29, 1.82) is 0 Å². The molecule has 0 saturated heterocycles. The normalized spacial score (nSPS) is 17.6. The van der Waals surface area contributed by atoms with Gasteiger partial charge in [0.05, 0.1) is 6.10 Å². The molecule has 0 amide bonds. The number of aliphatic hydroxyl groups is 1.